The lowest BCUT2D eigenvalue weighted by Crippen LogP contribution is -2.08. The van der Waals surface area contributed by atoms with Crippen molar-refractivity contribution in [1.82, 2.24) is 20.2 Å². The molecule has 0 saturated heterocycles. The fraction of sp³-hybridized carbons (Fsp3) is 0. The second-order valence-electron chi connectivity index (χ2n) is 4.24. The van der Waals surface area contributed by atoms with Crippen molar-refractivity contribution in [2.75, 3.05) is 0 Å². The second-order valence-corrected chi connectivity index (χ2v) is 5.15. The average molecular weight is 345 g/mol. The molecule has 3 aromatic rings. The highest BCUT2D eigenvalue weighted by molar-refractivity contribution is 9.10. The Morgan fingerprint density at radius 1 is 1.14 bits per heavy atom. The molecule has 0 spiro atoms. The van der Waals surface area contributed by atoms with Gasteiger partial charge in [-0.05, 0) is 23.4 Å². The minimum atomic E-state index is -1.05. The van der Waals surface area contributed by atoms with Crippen molar-refractivity contribution in [3.63, 3.8) is 0 Å². The number of rotatable bonds is 3. The van der Waals surface area contributed by atoms with Crippen molar-refractivity contribution < 1.29 is 9.90 Å². The first-order chi connectivity index (χ1) is 10.1. The first-order valence-electron chi connectivity index (χ1n) is 6.04. The van der Waals surface area contributed by atoms with Crippen LogP contribution in [0, 0.1) is 0 Å². The molecule has 104 valence electrons. The SMILES string of the molecule is O=C(O)c1ccc(Br)cc1-n1nnc(-c2ccccc2)n1. The number of aromatic carboxylic acids is 1. The lowest BCUT2D eigenvalue weighted by atomic mass is 10.2. The predicted octanol–water partition coefficient (Wildman–Crippen LogP) is 2.79. The molecule has 6 nitrogen and oxygen atoms in total. The van der Waals surface area contributed by atoms with Gasteiger partial charge in [0.05, 0.1) is 5.56 Å². The molecule has 1 aromatic heterocycles. The van der Waals surface area contributed by atoms with Crippen LogP contribution < -0.4 is 0 Å². The van der Waals surface area contributed by atoms with Crippen LogP contribution in [0.4, 0.5) is 0 Å². The molecule has 0 aliphatic rings. The zero-order valence-electron chi connectivity index (χ0n) is 10.6. The van der Waals surface area contributed by atoms with Gasteiger partial charge in [-0.3, -0.25) is 0 Å². The first-order valence-corrected chi connectivity index (χ1v) is 6.83. The molecule has 2 aromatic carbocycles. The number of carboxylic acid groups (broad SMARTS) is 1. The Hall–Kier alpha value is -2.54. The molecule has 1 N–H and O–H groups in total. The monoisotopic (exact) mass is 344 g/mol. The molecule has 0 aliphatic heterocycles. The Bertz CT molecular complexity index is 802. The number of hydrogen-bond donors (Lipinski definition) is 1. The van der Waals surface area contributed by atoms with Gasteiger partial charge in [0.2, 0.25) is 5.82 Å². The molecule has 0 radical (unpaired) electrons. The standard InChI is InChI=1S/C14H9BrN4O2/c15-10-6-7-11(14(20)21)12(8-10)19-17-13(16-18-19)9-4-2-1-3-5-9/h1-8H,(H,20,21). The molecule has 0 bridgehead atoms. The summed E-state index contributed by atoms with van der Waals surface area (Å²) in [6, 6.07) is 14.1. The molecule has 0 atom stereocenters. The molecule has 21 heavy (non-hydrogen) atoms. The Morgan fingerprint density at radius 2 is 1.90 bits per heavy atom. The Kier molecular flexibility index (Phi) is 3.49. The van der Waals surface area contributed by atoms with Gasteiger partial charge in [0.25, 0.3) is 0 Å². The zero-order valence-corrected chi connectivity index (χ0v) is 12.2. The first kappa shape index (κ1) is 13.4. The summed E-state index contributed by atoms with van der Waals surface area (Å²) < 4.78 is 0.737. The third-order valence-electron chi connectivity index (χ3n) is 2.85. The minimum absolute atomic E-state index is 0.107. The van der Waals surface area contributed by atoms with Crippen LogP contribution in [0.1, 0.15) is 10.4 Å². The Labute approximate surface area is 128 Å². The molecule has 0 aliphatic carbocycles. The van der Waals surface area contributed by atoms with Crippen LogP contribution in [0.2, 0.25) is 0 Å². The van der Waals surface area contributed by atoms with Gasteiger partial charge in [-0.15, -0.1) is 15.0 Å². The summed E-state index contributed by atoms with van der Waals surface area (Å²) in [6.07, 6.45) is 0. The van der Waals surface area contributed by atoms with Crippen LogP contribution in [-0.4, -0.2) is 31.3 Å². The Morgan fingerprint density at radius 3 is 2.62 bits per heavy atom. The van der Waals surface area contributed by atoms with Crippen molar-refractivity contribution >= 4 is 21.9 Å². The van der Waals surface area contributed by atoms with E-state index in [1.165, 1.54) is 10.9 Å². The summed E-state index contributed by atoms with van der Waals surface area (Å²) in [5, 5.41) is 21.4. The van der Waals surface area contributed by atoms with Crippen LogP contribution in [0.3, 0.4) is 0 Å². The maximum absolute atomic E-state index is 11.3. The van der Waals surface area contributed by atoms with Crippen molar-refractivity contribution in [2.45, 2.75) is 0 Å². The molecule has 1 heterocycles. The largest absolute Gasteiger partial charge is 0.478 e. The van der Waals surface area contributed by atoms with E-state index < -0.39 is 5.97 Å². The lowest BCUT2D eigenvalue weighted by molar-refractivity contribution is 0.0696. The Balaban J connectivity index is 2.08. The predicted molar refractivity (Wildman–Crippen MR) is 79.2 cm³/mol. The van der Waals surface area contributed by atoms with Gasteiger partial charge in [0.1, 0.15) is 5.69 Å². The van der Waals surface area contributed by atoms with Crippen molar-refractivity contribution in [1.29, 1.82) is 0 Å². The second kappa shape index (κ2) is 5.45. The smallest absolute Gasteiger partial charge is 0.337 e. The molecule has 3 rings (SSSR count). The summed E-state index contributed by atoms with van der Waals surface area (Å²) in [5.74, 6) is -0.608. The molecule has 0 saturated carbocycles. The fourth-order valence-corrected chi connectivity index (χ4v) is 2.22. The zero-order chi connectivity index (χ0) is 14.8. The normalized spacial score (nSPS) is 10.5. The summed E-state index contributed by atoms with van der Waals surface area (Å²) in [7, 11) is 0. The van der Waals surface area contributed by atoms with Crippen molar-refractivity contribution in [2.24, 2.45) is 0 Å². The van der Waals surface area contributed by atoms with Crippen molar-refractivity contribution in [3.8, 4) is 17.1 Å². The maximum Gasteiger partial charge on any atom is 0.337 e. The molecular formula is C14H9BrN4O2. The number of halogens is 1. The van der Waals surface area contributed by atoms with Crippen molar-refractivity contribution in [3.05, 3.63) is 58.6 Å². The number of hydrogen-bond acceptors (Lipinski definition) is 4. The van der Waals surface area contributed by atoms with Crippen LogP contribution >= 0.6 is 15.9 Å². The van der Waals surface area contributed by atoms with E-state index in [0.717, 1.165) is 10.0 Å². The van der Waals surface area contributed by atoms with Gasteiger partial charge in [-0.2, -0.15) is 0 Å². The van der Waals surface area contributed by atoms with E-state index >= 15 is 0 Å². The number of aromatic nitrogens is 4. The molecule has 0 amide bonds. The van der Waals surface area contributed by atoms with Gasteiger partial charge in [0, 0.05) is 10.0 Å². The number of nitrogens with zero attached hydrogens (tertiary/aromatic N) is 4. The third kappa shape index (κ3) is 2.68. The highest BCUT2D eigenvalue weighted by Crippen LogP contribution is 2.20. The van der Waals surface area contributed by atoms with E-state index in [2.05, 4.69) is 31.3 Å². The lowest BCUT2D eigenvalue weighted by Gasteiger charge is -2.04. The van der Waals surface area contributed by atoms with Gasteiger partial charge in [0.15, 0.2) is 0 Å². The van der Waals surface area contributed by atoms with Gasteiger partial charge < -0.3 is 5.11 Å². The third-order valence-corrected chi connectivity index (χ3v) is 3.34. The van der Waals surface area contributed by atoms with E-state index in [4.69, 9.17) is 0 Å². The molecule has 7 heteroatoms. The average Bonchev–Trinajstić information content (AvgIpc) is 2.97. The summed E-state index contributed by atoms with van der Waals surface area (Å²) >= 11 is 3.31. The van der Waals surface area contributed by atoms with E-state index in [1.54, 1.807) is 12.1 Å². The minimum Gasteiger partial charge on any atom is -0.478 e. The van der Waals surface area contributed by atoms with Gasteiger partial charge in [-0.1, -0.05) is 46.3 Å². The van der Waals surface area contributed by atoms with Crippen LogP contribution in [0.5, 0.6) is 0 Å². The maximum atomic E-state index is 11.3. The fourth-order valence-electron chi connectivity index (χ4n) is 1.87. The number of carboxylic acids is 1. The van der Waals surface area contributed by atoms with Gasteiger partial charge in [-0.25, -0.2) is 4.79 Å². The highest BCUT2D eigenvalue weighted by Gasteiger charge is 2.15. The highest BCUT2D eigenvalue weighted by atomic mass is 79.9. The van der Waals surface area contributed by atoms with Gasteiger partial charge >= 0.3 is 5.97 Å². The molecule has 0 unspecified atom stereocenters. The molecular weight excluding hydrogens is 336 g/mol. The van der Waals surface area contributed by atoms with E-state index in [0.29, 0.717) is 11.5 Å². The number of tetrazole rings is 1. The summed E-state index contributed by atoms with van der Waals surface area (Å²) in [5.41, 5.74) is 1.28. The number of carbonyl (C=O) groups is 1. The quantitative estimate of drug-likeness (QED) is 0.789. The molecule has 0 fully saturated rings. The van der Waals surface area contributed by atoms with Crippen LogP contribution in [0.15, 0.2) is 53.0 Å². The van der Waals surface area contributed by atoms with Crippen LogP contribution in [-0.2, 0) is 0 Å². The van der Waals surface area contributed by atoms with Crippen LogP contribution in [0.25, 0.3) is 17.1 Å². The van der Waals surface area contributed by atoms with E-state index in [-0.39, 0.29) is 5.56 Å². The number of benzene rings is 2. The summed E-state index contributed by atoms with van der Waals surface area (Å²) in [4.78, 5) is 12.5. The summed E-state index contributed by atoms with van der Waals surface area (Å²) in [6.45, 7) is 0. The van der Waals surface area contributed by atoms with E-state index in [9.17, 15) is 9.90 Å². The van der Waals surface area contributed by atoms with E-state index in [1.807, 2.05) is 30.3 Å². The topological polar surface area (TPSA) is 80.9 Å².